The molecule has 0 bridgehead atoms. The van der Waals surface area contributed by atoms with E-state index in [4.69, 9.17) is 56.8 Å². The second-order valence-corrected chi connectivity index (χ2v) is 30.7. The molecular formula is C66H106O32. The summed E-state index contributed by atoms with van der Waals surface area (Å²) in [7, 11) is 0. The van der Waals surface area contributed by atoms with E-state index in [-0.39, 0.29) is 31.3 Å². The number of esters is 2. The van der Waals surface area contributed by atoms with Crippen LogP contribution in [0, 0.1) is 50.2 Å². The maximum atomic E-state index is 13.4. The van der Waals surface area contributed by atoms with Gasteiger partial charge in [-0.05, 0) is 92.8 Å². The summed E-state index contributed by atoms with van der Waals surface area (Å²) in [5.41, 5.74) is -4.15. The molecule has 0 amide bonds. The Morgan fingerprint density at radius 3 is 1.63 bits per heavy atom. The third-order valence-electron chi connectivity index (χ3n) is 24.9. The van der Waals surface area contributed by atoms with E-state index < -0.39 is 262 Å². The van der Waals surface area contributed by atoms with Crippen LogP contribution in [0.15, 0.2) is 23.3 Å². The minimum absolute atomic E-state index is 0.132. The number of ether oxygens (including phenoxy) is 12. The van der Waals surface area contributed by atoms with Crippen molar-refractivity contribution in [3.63, 3.8) is 0 Å². The average molecular weight is 1410 g/mol. The Labute approximate surface area is 567 Å². The Hall–Kier alpha value is -2.70. The lowest BCUT2D eigenvalue weighted by molar-refractivity contribution is -0.400. The topological polar surface area (TPSA) is 509 Å². The van der Waals surface area contributed by atoms with E-state index in [0.717, 1.165) is 5.57 Å². The van der Waals surface area contributed by atoms with Gasteiger partial charge in [0.2, 0.25) is 0 Å². The summed E-state index contributed by atoms with van der Waals surface area (Å²) in [5.74, 6) is -2.31. The number of hydrogen-bond acceptors (Lipinski definition) is 32. The fraction of sp³-hybridized carbons (Fsp3) is 0.909. The van der Waals surface area contributed by atoms with Gasteiger partial charge in [-0.3, -0.25) is 4.79 Å². The normalized spacial score (nSPS) is 51.9. The second-order valence-electron chi connectivity index (χ2n) is 30.7. The van der Waals surface area contributed by atoms with Crippen LogP contribution in [0.4, 0.5) is 0 Å². The number of aliphatic hydroxyl groups is 18. The second kappa shape index (κ2) is 29.7. The minimum Gasteiger partial charge on any atom is -0.465 e. The fourth-order valence-electron chi connectivity index (χ4n) is 18.8. The van der Waals surface area contributed by atoms with Crippen molar-refractivity contribution >= 4 is 11.9 Å². The minimum atomic E-state index is -2.16. The molecular weight excluding hydrogens is 1300 g/mol. The van der Waals surface area contributed by atoms with Gasteiger partial charge in [0.05, 0.1) is 57.3 Å². The number of fused-ring (bicyclic) bond motifs is 7. The van der Waals surface area contributed by atoms with Gasteiger partial charge in [-0.15, -0.1) is 0 Å². The van der Waals surface area contributed by atoms with Crippen LogP contribution in [-0.4, -0.2) is 322 Å². The first-order valence-electron chi connectivity index (χ1n) is 34.1. The van der Waals surface area contributed by atoms with Gasteiger partial charge >= 0.3 is 11.9 Å². The largest absolute Gasteiger partial charge is 0.465 e. The van der Waals surface area contributed by atoms with Crippen LogP contribution in [0.5, 0.6) is 0 Å². The Morgan fingerprint density at radius 2 is 1.11 bits per heavy atom. The van der Waals surface area contributed by atoms with Gasteiger partial charge in [-0.1, -0.05) is 59.3 Å². The Morgan fingerprint density at radius 1 is 0.582 bits per heavy atom. The first-order valence-corrected chi connectivity index (χ1v) is 34.1. The molecule has 0 radical (unpaired) electrons. The van der Waals surface area contributed by atoms with Crippen molar-refractivity contribution in [2.24, 2.45) is 50.2 Å². The number of hydrogen-bond donors (Lipinski definition) is 18. The highest BCUT2D eigenvalue weighted by molar-refractivity contribution is 5.87. The van der Waals surface area contributed by atoms with Gasteiger partial charge < -0.3 is 149 Å². The molecule has 0 unspecified atom stereocenters. The molecule has 32 nitrogen and oxygen atoms in total. The van der Waals surface area contributed by atoms with E-state index in [2.05, 4.69) is 26.8 Å². The molecule has 0 aromatic rings. The predicted octanol–water partition coefficient (Wildman–Crippen LogP) is -5.13. The van der Waals surface area contributed by atoms with Gasteiger partial charge in [-0.25, -0.2) is 4.79 Å². The summed E-state index contributed by atoms with van der Waals surface area (Å²) >= 11 is 0. The van der Waals surface area contributed by atoms with Gasteiger partial charge in [0.25, 0.3) is 0 Å². The number of aliphatic hydroxyl groups excluding tert-OH is 18. The number of allylic oxidation sites excluding steroid dienone is 3. The zero-order chi connectivity index (χ0) is 72.0. The molecule has 10 aliphatic rings. The molecule has 0 spiro atoms. The van der Waals surface area contributed by atoms with Crippen LogP contribution in [-0.2, 0) is 66.4 Å². The lowest BCUT2D eigenvalue weighted by Gasteiger charge is -2.72. The zero-order valence-electron chi connectivity index (χ0n) is 56.7. The third-order valence-corrected chi connectivity index (χ3v) is 24.9. The molecule has 5 aliphatic carbocycles. The molecule has 4 saturated carbocycles. The zero-order valence-corrected chi connectivity index (χ0v) is 56.7. The molecule has 5 saturated heterocycles. The van der Waals surface area contributed by atoms with Crippen LogP contribution in [0.2, 0.25) is 0 Å². The Balaban J connectivity index is 0.975. The maximum absolute atomic E-state index is 13.4. The van der Waals surface area contributed by atoms with E-state index in [9.17, 15) is 102 Å². The summed E-state index contributed by atoms with van der Waals surface area (Å²) in [5, 5.41) is 202. The monoisotopic (exact) mass is 1410 g/mol. The van der Waals surface area contributed by atoms with E-state index in [0.29, 0.717) is 37.7 Å². The van der Waals surface area contributed by atoms with Crippen LogP contribution in [0.3, 0.4) is 0 Å². The van der Waals surface area contributed by atoms with E-state index >= 15 is 0 Å². The van der Waals surface area contributed by atoms with Gasteiger partial charge in [0, 0.05) is 23.3 Å². The predicted molar refractivity (Wildman–Crippen MR) is 328 cm³/mol. The molecule has 98 heavy (non-hydrogen) atoms. The Kier molecular flexibility index (Phi) is 23.6. The molecule has 18 N–H and O–H groups in total. The fourth-order valence-corrected chi connectivity index (χ4v) is 18.8. The summed E-state index contributed by atoms with van der Waals surface area (Å²) < 4.78 is 72.8. The third kappa shape index (κ3) is 13.3. The molecule has 562 valence electrons. The van der Waals surface area contributed by atoms with Crippen molar-refractivity contribution in [2.75, 3.05) is 46.2 Å². The van der Waals surface area contributed by atoms with Crippen molar-refractivity contribution < 1.29 is 158 Å². The van der Waals surface area contributed by atoms with Crippen LogP contribution < -0.4 is 0 Å². The van der Waals surface area contributed by atoms with Crippen molar-refractivity contribution in [3.05, 3.63) is 23.3 Å². The van der Waals surface area contributed by atoms with E-state index in [1.54, 1.807) is 19.9 Å². The number of carbonyl (C=O) groups excluding carboxylic acids is 2. The molecule has 5 aliphatic heterocycles. The lowest BCUT2D eigenvalue weighted by Crippen LogP contribution is -2.72. The van der Waals surface area contributed by atoms with Crippen molar-refractivity contribution in [2.45, 2.75) is 279 Å². The SMILES string of the molecule is C/C=C(\C)C(=O)O[C@H]1[C@H](O)[C@]2(COC(C)=O)[C@H](O)C[C@]3(C)C(=CC[C@@H]4[C@@]5(C)CC[C@H](O[C@@H]6O[C@H](CO[C@@H]7OC[C@H](O)[C@H](O[C@@H]8O[C@H](CO)[C@@H](O)[C@H](O)[C@H]8O)[C@H]7O)[C@@H](O[C@@H]7O[C@H](CO)[C@@H](O)[C@H](O)[C@H]7O)[C@H](O)[C@H]6O[C@@H]6O[C@H](CO)[C@@H](O)[C@H](O)[C@H]6O)[C@@](C)(CO)[C@@H]5CC[C@]43C)[C@@H]2CC1(C)C. The molecule has 36 atom stereocenters. The summed E-state index contributed by atoms with van der Waals surface area (Å²) in [6, 6.07) is 0. The van der Waals surface area contributed by atoms with Gasteiger partial charge in [0.15, 0.2) is 31.5 Å². The average Bonchev–Trinajstić information content (AvgIpc) is 0.669. The molecule has 5 heterocycles. The lowest BCUT2D eigenvalue weighted by atomic mass is 9.33. The maximum Gasteiger partial charge on any atom is 0.333 e. The van der Waals surface area contributed by atoms with E-state index in [1.165, 1.54) is 6.92 Å². The van der Waals surface area contributed by atoms with Gasteiger partial charge in [0.1, 0.15) is 135 Å². The molecule has 32 heteroatoms. The van der Waals surface area contributed by atoms with Crippen LogP contribution >= 0.6 is 0 Å². The van der Waals surface area contributed by atoms with Crippen molar-refractivity contribution in [3.8, 4) is 0 Å². The first kappa shape index (κ1) is 77.9. The first-order chi connectivity index (χ1) is 46.0. The molecule has 0 aromatic heterocycles. The van der Waals surface area contributed by atoms with Crippen LogP contribution in [0.25, 0.3) is 0 Å². The van der Waals surface area contributed by atoms with Crippen LogP contribution in [0.1, 0.15) is 107 Å². The smallest absolute Gasteiger partial charge is 0.333 e. The highest BCUT2D eigenvalue weighted by Crippen LogP contribution is 2.76. The van der Waals surface area contributed by atoms with E-state index in [1.807, 2.05) is 20.8 Å². The summed E-state index contributed by atoms with van der Waals surface area (Å²) in [6.07, 6.45) is -43.4. The highest BCUT2D eigenvalue weighted by Gasteiger charge is 2.74. The molecule has 9 fully saturated rings. The van der Waals surface area contributed by atoms with Crippen molar-refractivity contribution in [1.82, 2.24) is 0 Å². The standard InChI is InChI=1S/C66H106O32/c1-10-26(2)55(86)98-54-53(85)66(25-89-27(3)71)29(17-61(54,4)5)28-11-12-36-62(6)15-14-38(63(7,24-70)35(62)13-16-64(36,8)65(28,9)18-37(66)73)94-60-52(97-59-47(82)44(79)41(76)33(21-69)92-59)48(83)51(96-58-46(81)43(78)40(75)32(20-68)91-58)34(93-60)23-88-56-49(84)50(30(72)22-87-56)95-57-45(80)42(77)39(74)31(19-67)90-57/h10-11,29-54,56-60,67-70,72-85H,12-25H2,1-9H3/b26-10+/t29-,30-,31+,32+,33+,34+,35+,36+,37+,38-,39+,40+,41+,42-,43-,44-,45+,46+,47+,48-,49+,50-,51+,52+,53-,54-,56-,57-,58-,59-,60-,62-,63-,64+,65+,66-/m0/s1. The number of rotatable bonds is 19. The number of carbonyl (C=O) groups is 2. The summed E-state index contributed by atoms with van der Waals surface area (Å²) in [6.45, 7) is 11.8. The molecule has 10 rings (SSSR count). The molecule has 0 aromatic carbocycles. The van der Waals surface area contributed by atoms with Gasteiger partial charge in [-0.2, -0.15) is 0 Å². The summed E-state index contributed by atoms with van der Waals surface area (Å²) in [4.78, 5) is 26.1. The quantitative estimate of drug-likeness (QED) is 0.0249. The Bertz CT molecular complexity index is 2810. The van der Waals surface area contributed by atoms with Crippen molar-refractivity contribution in [1.29, 1.82) is 0 Å². The highest BCUT2D eigenvalue weighted by atomic mass is 16.8.